The van der Waals surface area contributed by atoms with Gasteiger partial charge in [0.1, 0.15) is 5.82 Å². The Hall–Kier alpha value is -2.38. The molecule has 0 unspecified atom stereocenters. The molecule has 0 amide bonds. The van der Waals surface area contributed by atoms with E-state index < -0.39 is 0 Å². The number of carbonyl (C=O) groups is 1. The first-order valence-electron chi connectivity index (χ1n) is 10.5. The minimum atomic E-state index is -0.116. The quantitative estimate of drug-likeness (QED) is 0.791. The SMILES string of the molecule is CCOC(=O)[C@@H]1CCCN(c2nc(NC3CCCCC3)c3cnn(C)c3n2)C1. The maximum Gasteiger partial charge on any atom is 0.310 e. The summed E-state index contributed by atoms with van der Waals surface area (Å²) in [5.74, 6) is 1.30. The second kappa shape index (κ2) is 8.32. The Labute approximate surface area is 165 Å². The number of esters is 1. The Kier molecular flexibility index (Phi) is 5.64. The van der Waals surface area contributed by atoms with Crippen LogP contribution >= 0.6 is 0 Å². The summed E-state index contributed by atoms with van der Waals surface area (Å²) in [5, 5.41) is 8.99. The molecule has 8 heteroatoms. The normalized spacial score (nSPS) is 21.1. The van der Waals surface area contributed by atoms with Gasteiger partial charge in [-0.25, -0.2) is 0 Å². The first kappa shape index (κ1) is 19.0. The van der Waals surface area contributed by atoms with E-state index in [0.29, 0.717) is 25.1 Å². The molecule has 2 aliphatic rings. The Morgan fingerprint density at radius 1 is 1.21 bits per heavy atom. The number of piperidine rings is 1. The molecule has 0 spiro atoms. The molecule has 2 aromatic rings. The highest BCUT2D eigenvalue weighted by Gasteiger charge is 2.29. The van der Waals surface area contributed by atoms with Crippen LogP contribution in [0.3, 0.4) is 0 Å². The second-order valence-electron chi connectivity index (χ2n) is 7.89. The lowest BCUT2D eigenvalue weighted by molar-refractivity contribution is -0.148. The van der Waals surface area contributed by atoms with Gasteiger partial charge in [-0.05, 0) is 32.6 Å². The number of ether oxygens (including phenoxy) is 1. The van der Waals surface area contributed by atoms with Crippen LogP contribution in [-0.2, 0) is 16.6 Å². The third kappa shape index (κ3) is 3.91. The Morgan fingerprint density at radius 2 is 2.04 bits per heavy atom. The number of fused-ring (bicyclic) bond motifs is 1. The van der Waals surface area contributed by atoms with E-state index in [1.165, 1.54) is 32.1 Å². The summed E-state index contributed by atoms with van der Waals surface area (Å²) in [7, 11) is 1.90. The highest BCUT2D eigenvalue weighted by atomic mass is 16.5. The van der Waals surface area contributed by atoms with Crippen molar-refractivity contribution < 1.29 is 9.53 Å². The molecule has 1 aliphatic carbocycles. The molecule has 4 rings (SSSR count). The van der Waals surface area contributed by atoms with Crippen LogP contribution in [0.5, 0.6) is 0 Å². The number of nitrogens with zero attached hydrogens (tertiary/aromatic N) is 5. The summed E-state index contributed by atoms with van der Waals surface area (Å²) in [6.45, 7) is 3.72. The number of anilines is 2. The highest BCUT2D eigenvalue weighted by Crippen LogP contribution is 2.29. The molecule has 1 N–H and O–H groups in total. The predicted molar refractivity (Wildman–Crippen MR) is 108 cm³/mol. The Balaban J connectivity index is 1.61. The van der Waals surface area contributed by atoms with E-state index in [1.807, 2.05) is 20.2 Å². The molecule has 8 nitrogen and oxygen atoms in total. The molecule has 3 heterocycles. The Morgan fingerprint density at radius 3 is 2.82 bits per heavy atom. The van der Waals surface area contributed by atoms with Crippen molar-refractivity contribution in [2.24, 2.45) is 13.0 Å². The summed E-state index contributed by atoms with van der Waals surface area (Å²) in [5.41, 5.74) is 0.821. The van der Waals surface area contributed by atoms with Crippen molar-refractivity contribution in [1.82, 2.24) is 19.7 Å². The molecular weight excluding hydrogens is 356 g/mol. The summed E-state index contributed by atoms with van der Waals surface area (Å²) in [6.07, 6.45) is 9.82. The van der Waals surface area contributed by atoms with Gasteiger partial charge in [0.25, 0.3) is 0 Å². The monoisotopic (exact) mass is 386 g/mol. The predicted octanol–water partition coefficient (Wildman–Crippen LogP) is 2.89. The van der Waals surface area contributed by atoms with Gasteiger partial charge in [0.2, 0.25) is 5.95 Å². The maximum atomic E-state index is 12.2. The van der Waals surface area contributed by atoms with Crippen molar-refractivity contribution in [3.63, 3.8) is 0 Å². The van der Waals surface area contributed by atoms with Crippen molar-refractivity contribution in [2.45, 2.75) is 57.9 Å². The van der Waals surface area contributed by atoms with Gasteiger partial charge in [-0.3, -0.25) is 9.48 Å². The molecule has 1 aliphatic heterocycles. The van der Waals surface area contributed by atoms with E-state index in [4.69, 9.17) is 14.7 Å². The van der Waals surface area contributed by atoms with Crippen LogP contribution in [0.4, 0.5) is 11.8 Å². The fourth-order valence-corrected chi connectivity index (χ4v) is 4.31. The number of nitrogens with one attached hydrogen (secondary N) is 1. The molecule has 0 aromatic carbocycles. The van der Waals surface area contributed by atoms with Crippen molar-refractivity contribution in [3.05, 3.63) is 6.20 Å². The van der Waals surface area contributed by atoms with Gasteiger partial charge in [-0.1, -0.05) is 19.3 Å². The summed E-state index contributed by atoms with van der Waals surface area (Å²) in [4.78, 5) is 24.0. The minimum Gasteiger partial charge on any atom is -0.466 e. The fraction of sp³-hybridized carbons (Fsp3) is 0.700. The van der Waals surface area contributed by atoms with E-state index in [1.54, 1.807) is 4.68 Å². The van der Waals surface area contributed by atoms with E-state index in [0.717, 1.165) is 36.2 Å². The molecule has 0 bridgehead atoms. The molecule has 152 valence electrons. The minimum absolute atomic E-state index is 0.116. The third-order valence-corrected chi connectivity index (χ3v) is 5.85. The number of hydrogen-bond acceptors (Lipinski definition) is 7. The standard InChI is InChI=1S/C20H30N6O2/c1-3-28-19(27)14-8-7-11-26(13-14)20-23-17(22-15-9-5-4-6-10-15)16-12-21-25(2)18(16)24-20/h12,14-15H,3-11,13H2,1-2H3,(H,22,23,24)/t14-/m1/s1. The zero-order chi connectivity index (χ0) is 19.5. The van der Waals surface area contributed by atoms with E-state index in [2.05, 4.69) is 15.3 Å². The van der Waals surface area contributed by atoms with Crippen LogP contribution in [0.25, 0.3) is 11.0 Å². The number of hydrogen-bond donors (Lipinski definition) is 1. The van der Waals surface area contributed by atoms with Gasteiger partial charge >= 0.3 is 5.97 Å². The average Bonchev–Trinajstić information content (AvgIpc) is 3.10. The smallest absolute Gasteiger partial charge is 0.310 e. The van der Waals surface area contributed by atoms with Gasteiger partial charge in [-0.15, -0.1) is 0 Å². The molecule has 1 atom stereocenters. The van der Waals surface area contributed by atoms with E-state index in [-0.39, 0.29) is 11.9 Å². The summed E-state index contributed by atoms with van der Waals surface area (Å²) < 4.78 is 7.02. The molecule has 1 saturated heterocycles. The van der Waals surface area contributed by atoms with Crippen LogP contribution in [-0.4, -0.2) is 51.5 Å². The molecule has 2 fully saturated rings. The van der Waals surface area contributed by atoms with E-state index in [9.17, 15) is 4.79 Å². The van der Waals surface area contributed by atoms with Gasteiger partial charge in [0, 0.05) is 26.2 Å². The second-order valence-corrected chi connectivity index (χ2v) is 7.89. The Bertz CT molecular complexity index is 829. The van der Waals surface area contributed by atoms with Crippen molar-refractivity contribution in [2.75, 3.05) is 29.9 Å². The fourth-order valence-electron chi connectivity index (χ4n) is 4.31. The first-order valence-corrected chi connectivity index (χ1v) is 10.5. The van der Waals surface area contributed by atoms with Crippen molar-refractivity contribution in [3.8, 4) is 0 Å². The third-order valence-electron chi connectivity index (χ3n) is 5.85. The zero-order valence-electron chi connectivity index (χ0n) is 16.9. The van der Waals surface area contributed by atoms with Crippen LogP contribution in [0, 0.1) is 5.92 Å². The average molecular weight is 387 g/mol. The van der Waals surface area contributed by atoms with Crippen LogP contribution < -0.4 is 10.2 Å². The highest BCUT2D eigenvalue weighted by molar-refractivity contribution is 5.87. The van der Waals surface area contributed by atoms with Crippen LogP contribution in [0.15, 0.2) is 6.20 Å². The van der Waals surface area contributed by atoms with Crippen LogP contribution in [0.1, 0.15) is 51.9 Å². The zero-order valence-corrected chi connectivity index (χ0v) is 16.9. The lowest BCUT2D eigenvalue weighted by Gasteiger charge is -2.32. The maximum absolute atomic E-state index is 12.2. The summed E-state index contributed by atoms with van der Waals surface area (Å²) >= 11 is 0. The topological polar surface area (TPSA) is 85.2 Å². The number of carbonyl (C=O) groups excluding carboxylic acids is 1. The van der Waals surface area contributed by atoms with E-state index >= 15 is 0 Å². The number of rotatable bonds is 5. The van der Waals surface area contributed by atoms with Crippen molar-refractivity contribution >= 4 is 28.8 Å². The lowest BCUT2D eigenvalue weighted by atomic mass is 9.95. The molecular formula is C20H30N6O2. The molecule has 28 heavy (non-hydrogen) atoms. The largest absolute Gasteiger partial charge is 0.466 e. The first-order chi connectivity index (χ1) is 13.7. The lowest BCUT2D eigenvalue weighted by Crippen LogP contribution is -2.40. The van der Waals surface area contributed by atoms with Crippen LogP contribution in [0.2, 0.25) is 0 Å². The number of aromatic nitrogens is 4. The van der Waals surface area contributed by atoms with Crippen molar-refractivity contribution in [1.29, 1.82) is 0 Å². The van der Waals surface area contributed by atoms with Gasteiger partial charge < -0.3 is 15.0 Å². The van der Waals surface area contributed by atoms with Gasteiger partial charge in [-0.2, -0.15) is 15.1 Å². The van der Waals surface area contributed by atoms with Gasteiger partial charge in [0.05, 0.1) is 24.1 Å². The number of aryl methyl sites for hydroxylation is 1. The van der Waals surface area contributed by atoms with Gasteiger partial charge in [0.15, 0.2) is 5.65 Å². The molecule has 0 radical (unpaired) electrons. The molecule has 1 saturated carbocycles. The molecule has 2 aromatic heterocycles. The summed E-state index contributed by atoms with van der Waals surface area (Å²) in [6, 6.07) is 0.452.